The summed E-state index contributed by atoms with van der Waals surface area (Å²) in [4.78, 5) is 33.6. The molecular weight excluding hydrogens is 362 g/mol. The Kier molecular flexibility index (Phi) is 5.68. The predicted octanol–water partition coefficient (Wildman–Crippen LogP) is 1.28. The number of aromatic nitrogens is 1. The van der Waals surface area contributed by atoms with Crippen LogP contribution in [0.15, 0.2) is 16.9 Å². The number of hydrogen-bond acceptors (Lipinski definition) is 6. The van der Waals surface area contributed by atoms with Crippen molar-refractivity contribution in [1.29, 1.82) is 0 Å². The highest BCUT2D eigenvalue weighted by Crippen LogP contribution is 2.49. The Morgan fingerprint density at radius 1 is 1.25 bits per heavy atom. The topological polar surface area (TPSA) is 85.1 Å². The minimum absolute atomic E-state index is 0.00311. The van der Waals surface area contributed by atoms with E-state index in [2.05, 4.69) is 4.98 Å². The molecule has 1 unspecified atom stereocenters. The number of amides is 2. The van der Waals surface area contributed by atoms with Crippen molar-refractivity contribution >= 4 is 11.8 Å². The van der Waals surface area contributed by atoms with E-state index in [9.17, 15) is 9.59 Å². The molecule has 0 aliphatic carbocycles. The molecule has 3 fully saturated rings. The first kappa shape index (κ1) is 19.4. The van der Waals surface area contributed by atoms with Crippen LogP contribution >= 0.6 is 0 Å². The highest BCUT2D eigenvalue weighted by Gasteiger charge is 2.52. The lowest BCUT2D eigenvalue weighted by molar-refractivity contribution is -0.141. The Bertz CT molecular complexity index is 678. The van der Waals surface area contributed by atoms with E-state index in [1.54, 1.807) is 12.5 Å². The Morgan fingerprint density at radius 2 is 2.00 bits per heavy atom. The maximum absolute atomic E-state index is 12.9. The zero-order chi connectivity index (χ0) is 19.6. The van der Waals surface area contributed by atoms with Gasteiger partial charge in [0.1, 0.15) is 12.9 Å². The number of carbonyl (C=O) groups excluding carboxylic acids is 2. The first-order valence-corrected chi connectivity index (χ1v) is 10.2. The minimum atomic E-state index is -0.0965. The van der Waals surface area contributed by atoms with Crippen molar-refractivity contribution < 1.29 is 23.5 Å². The number of carbonyl (C=O) groups is 2. The second-order valence-electron chi connectivity index (χ2n) is 8.20. The second-order valence-corrected chi connectivity index (χ2v) is 8.20. The number of piperidine rings is 1. The fourth-order valence-corrected chi connectivity index (χ4v) is 5.00. The molecule has 154 valence electrons. The molecule has 1 spiro atoms. The largest absolute Gasteiger partial charge is 0.449 e. The third-order valence-electron chi connectivity index (χ3n) is 6.66. The average Bonchev–Trinajstić information content (AvgIpc) is 3.37. The number of ether oxygens (including phenoxy) is 2. The summed E-state index contributed by atoms with van der Waals surface area (Å²) in [6, 6.07) is 0. The molecule has 4 heterocycles. The van der Waals surface area contributed by atoms with E-state index in [1.807, 2.05) is 9.80 Å². The Labute approximate surface area is 165 Å². The van der Waals surface area contributed by atoms with Crippen LogP contribution < -0.4 is 0 Å². The van der Waals surface area contributed by atoms with E-state index in [0.29, 0.717) is 32.2 Å². The molecule has 0 aromatic carbocycles. The Balaban J connectivity index is 1.46. The maximum atomic E-state index is 12.9. The molecule has 1 atom stereocenters. The molecule has 28 heavy (non-hydrogen) atoms. The third kappa shape index (κ3) is 3.67. The fraction of sp³-hybridized carbons (Fsp3) is 0.750. The molecule has 1 aromatic rings. The van der Waals surface area contributed by atoms with Gasteiger partial charge in [-0.15, -0.1) is 0 Å². The van der Waals surface area contributed by atoms with E-state index < -0.39 is 0 Å². The average molecular weight is 391 g/mol. The van der Waals surface area contributed by atoms with E-state index in [0.717, 1.165) is 38.8 Å². The number of hydrogen-bond donors (Lipinski definition) is 0. The van der Waals surface area contributed by atoms with Gasteiger partial charge in [0.05, 0.1) is 12.1 Å². The molecular formula is C20H29N3O5. The first-order valence-electron chi connectivity index (χ1n) is 10.2. The van der Waals surface area contributed by atoms with Crippen LogP contribution in [-0.4, -0.2) is 79.7 Å². The lowest BCUT2D eigenvalue weighted by Gasteiger charge is -2.42. The van der Waals surface area contributed by atoms with Crippen LogP contribution in [0.5, 0.6) is 0 Å². The smallest absolute Gasteiger partial charge is 0.248 e. The van der Waals surface area contributed by atoms with Gasteiger partial charge in [0, 0.05) is 57.8 Å². The van der Waals surface area contributed by atoms with Crippen molar-refractivity contribution in [3.05, 3.63) is 18.4 Å². The van der Waals surface area contributed by atoms with E-state index in [-0.39, 0.29) is 35.7 Å². The van der Waals surface area contributed by atoms with Crippen molar-refractivity contribution in [2.75, 3.05) is 53.1 Å². The van der Waals surface area contributed by atoms with Crippen LogP contribution in [0.25, 0.3) is 0 Å². The Hall–Kier alpha value is -1.93. The van der Waals surface area contributed by atoms with Gasteiger partial charge < -0.3 is 23.7 Å². The van der Waals surface area contributed by atoms with Crippen molar-refractivity contribution in [1.82, 2.24) is 14.8 Å². The lowest BCUT2D eigenvalue weighted by Crippen LogP contribution is -2.48. The molecule has 8 heteroatoms. The fourth-order valence-electron chi connectivity index (χ4n) is 5.00. The van der Waals surface area contributed by atoms with Crippen LogP contribution in [0.4, 0.5) is 0 Å². The van der Waals surface area contributed by atoms with Gasteiger partial charge in [-0.05, 0) is 25.7 Å². The molecule has 3 aliphatic heterocycles. The minimum Gasteiger partial charge on any atom is -0.449 e. The van der Waals surface area contributed by atoms with Crippen LogP contribution in [0.3, 0.4) is 0 Å². The SMILES string of the molecule is COCC(=O)N1CC(c2ncco2)C2(CCN(C(=O)C3CCOCC3)CC2)C1. The molecule has 0 N–H and O–H groups in total. The lowest BCUT2D eigenvalue weighted by atomic mass is 9.70. The second kappa shape index (κ2) is 8.21. The van der Waals surface area contributed by atoms with E-state index >= 15 is 0 Å². The van der Waals surface area contributed by atoms with Gasteiger partial charge in [-0.25, -0.2) is 4.98 Å². The normalized spacial score (nSPS) is 25.4. The molecule has 3 aliphatic rings. The third-order valence-corrected chi connectivity index (χ3v) is 6.66. The van der Waals surface area contributed by atoms with Crippen LogP contribution in [-0.2, 0) is 19.1 Å². The monoisotopic (exact) mass is 391 g/mol. The summed E-state index contributed by atoms with van der Waals surface area (Å²) in [5.41, 5.74) is -0.0965. The van der Waals surface area contributed by atoms with Crippen molar-refractivity contribution in [2.24, 2.45) is 11.3 Å². The zero-order valence-corrected chi connectivity index (χ0v) is 16.5. The van der Waals surface area contributed by atoms with Gasteiger partial charge in [0.25, 0.3) is 0 Å². The number of methoxy groups -OCH3 is 1. The summed E-state index contributed by atoms with van der Waals surface area (Å²) < 4.78 is 16.1. The molecule has 3 saturated heterocycles. The number of rotatable bonds is 4. The van der Waals surface area contributed by atoms with Crippen molar-refractivity contribution in [3.63, 3.8) is 0 Å². The van der Waals surface area contributed by atoms with Gasteiger partial charge in [-0.2, -0.15) is 0 Å². The summed E-state index contributed by atoms with van der Waals surface area (Å²) >= 11 is 0. The summed E-state index contributed by atoms with van der Waals surface area (Å²) in [6.07, 6.45) is 6.59. The quantitative estimate of drug-likeness (QED) is 0.769. The van der Waals surface area contributed by atoms with Crippen LogP contribution in [0.1, 0.15) is 37.5 Å². The first-order chi connectivity index (χ1) is 13.6. The molecule has 2 amide bonds. The van der Waals surface area contributed by atoms with Crippen molar-refractivity contribution in [3.8, 4) is 0 Å². The molecule has 0 saturated carbocycles. The van der Waals surface area contributed by atoms with Crippen LogP contribution in [0, 0.1) is 11.3 Å². The van der Waals surface area contributed by atoms with Gasteiger partial charge in [0.15, 0.2) is 5.89 Å². The summed E-state index contributed by atoms with van der Waals surface area (Å²) in [5, 5.41) is 0. The van der Waals surface area contributed by atoms with Gasteiger partial charge in [-0.3, -0.25) is 9.59 Å². The molecule has 0 bridgehead atoms. The Morgan fingerprint density at radius 3 is 2.64 bits per heavy atom. The summed E-state index contributed by atoms with van der Waals surface area (Å²) in [7, 11) is 1.54. The van der Waals surface area contributed by atoms with Crippen molar-refractivity contribution in [2.45, 2.75) is 31.6 Å². The molecule has 8 nitrogen and oxygen atoms in total. The summed E-state index contributed by atoms with van der Waals surface area (Å²) in [6.45, 7) is 4.15. The summed E-state index contributed by atoms with van der Waals surface area (Å²) in [5.74, 6) is 1.10. The molecule has 1 aromatic heterocycles. The van der Waals surface area contributed by atoms with Gasteiger partial charge >= 0.3 is 0 Å². The molecule has 0 radical (unpaired) electrons. The predicted molar refractivity (Wildman–Crippen MR) is 99.5 cm³/mol. The van der Waals surface area contributed by atoms with E-state index in [1.165, 1.54) is 7.11 Å². The number of oxazole rings is 1. The highest BCUT2D eigenvalue weighted by atomic mass is 16.5. The van der Waals surface area contributed by atoms with E-state index in [4.69, 9.17) is 13.9 Å². The number of likely N-dealkylation sites (tertiary alicyclic amines) is 2. The van der Waals surface area contributed by atoms with Gasteiger partial charge in [-0.1, -0.05) is 0 Å². The van der Waals surface area contributed by atoms with Gasteiger partial charge in [0.2, 0.25) is 11.8 Å². The maximum Gasteiger partial charge on any atom is 0.248 e. The zero-order valence-electron chi connectivity index (χ0n) is 16.5. The highest BCUT2D eigenvalue weighted by molar-refractivity contribution is 5.79. The molecule has 4 rings (SSSR count). The van der Waals surface area contributed by atoms with Crippen LogP contribution in [0.2, 0.25) is 0 Å². The standard InChI is InChI=1S/C20H29N3O5/c1-26-13-17(24)23-12-16(18-21-6-11-28-18)20(14-23)4-7-22(8-5-20)19(25)15-2-9-27-10-3-15/h6,11,15-16H,2-5,7-10,12-14H2,1H3. The number of nitrogens with zero attached hydrogens (tertiary/aromatic N) is 3.